The molecule has 0 spiro atoms. The number of hydrogen-bond acceptors (Lipinski definition) is 7. The topological polar surface area (TPSA) is 110 Å². The number of rotatable bonds is 7. The fraction of sp³-hybridized carbons (Fsp3) is 0.458. The van der Waals surface area contributed by atoms with Crippen molar-refractivity contribution in [2.45, 2.75) is 51.5 Å². The van der Waals surface area contributed by atoms with Gasteiger partial charge in [-0.15, -0.1) is 0 Å². The Morgan fingerprint density at radius 1 is 1.24 bits per heavy atom. The van der Waals surface area contributed by atoms with Crippen LogP contribution < -0.4 is 8.92 Å². The number of fused-ring (bicyclic) bond motifs is 1. The van der Waals surface area contributed by atoms with Crippen LogP contribution in [0, 0.1) is 5.41 Å². The second-order valence-electron chi connectivity index (χ2n) is 9.74. The monoisotopic (exact) mass is 471 g/mol. The first-order valence-corrected chi connectivity index (χ1v) is 12.7. The Labute approximate surface area is 194 Å². The van der Waals surface area contributed by atoms with Crippen molar-refractivity contribution < 1.29 is 22.1 Å². The molecular weight excluding hydrogens is 442 g/mol. The van der Waals surface area contributed by atoms with E-state index in [1.165, 1.54) is 13.2 Å². The quantitative estimate of drug-likeness (QED) is 0.485. The molecule has 0 bridgehead atoms. The van der Waals surface area contributed by atoms with Crippen LogP contribution in [0.3, 0.4) is 0 Å². The maximum atomic E-state index is 13.3. The zero-order chi connectivity index (χ0) is 24.1. The van der Waals surface area contributed by atoms with Gasteiger partial charge in [-0.2, -0.15) is 8.42 Å². The molecule has 2 aromatic rings. The van der Waals surface area contributed by atoms with E-state index < -0.39 is 15.5 Å². The largest absolute Gasteiger partial charge is 0.493 e. The summed E-state index contributed by atoms with van der Waals surface area (Å²) in [7, 11) is -2.39. The number of pyridine rings is 1. The van der Waals surface area contributed by atoms with Gasteiger partial charge < -0.3 is 13.8 Å². The molecule has 1 aromatic heterocycles. The summed E-state index contributed by atoms with van der Waals surface area (Å²) in [6.45, 7) is 6.17. The number of methoxy groups -OCH3 is 1. The van der Waals surface area contributed by atoms with Gasteiger partial charge in [-0.25, -0.2) is 4.98 Å². The number of carbonyl (C=O) groups excluding carboxylic acids is 1. The molecule has 1 saturated carbocycles. The molecule has 1 N–H and O–H groups in total. The van der Waals surface area contributed by atoms with Crippen molar-refractivity contribution in [1.82, 2.24) is 9.88 Å². The number of amidine groups is 1. The van der Waals surface area contributed by atoms with Crippen LogP contribution in [0.25, 0.3) is 0 Å². The predicted octanol–water partition coefficient (Wildman–Crippen LogP) is 3.63. The van der Waals surface area contributed by atoms with Crippen molar-refractivity contribution in [1.29, 1.82) is 5.41 Å². The average Bonchev–Trinajstić information content (AvgIpc) is 3.52. The summed E-state index contributed by atoms with van der Waals surface area (Å²) in [5.41, 5.74) is 3.02. The SMILES string of the molecule is COc1cc(C(=O)CN2Cc3ccc(C4CC4)nc3C2=N)cc(C(C)(C)C)c1OS(C)(=O)=O. The van der Waals surface area contributed by atoms with E-state index in [4.69, 9.17) is 14.3 Å². The Morgan fingerprint density at radius 3 is 2.52 bits per heavy atom. The molecule has 33 heavy (non-hydrogen) atoms. The second kappa shape index (κ2) is 8.13. The molecule has 176 valence electrons. The van der Waals surface area contributed by atoms with Crippen molar-refractivity contribution in [3.8, 4) is 11.5 Å². The lowest BCUT2D eigenvalue weighted by atomic mass is 9.84. The van der Waals surface area contributed by atoms with Gasteiger partial charge >= 0.3 is 10.1 Å². The van der Waals surface area contributed by atoms with E-state index >= 15 is 0 Å². The molecule has 0 amide bonds. The number of aromatic nitrogens is 1. The summed E-state index contributed by atoms with van der Waals surface area (Å²) in [5, 5.41) is 8.55. The zero-order valence-corrected chi connectivity index (χ0v) is 20.4. The van der Waals surface area contributed by atoms with E-state index in [0.717, 1.165) is 30.4 Å². The van der Waals surface area contributed by atoms with Gasteiger partial charge in [-0.1, -0.05) is 26.8 Å². The molecule has 1 aromatic carbocycles. The molecular formula is C24H29N3O5S. The Kier molecular flexibility index (Phi) is 5.72. The lowest BCUT2D eigenvalue weighted by molar-refractivity contribution is 0.0962. The van der Waals surface area contributed by atoms with Gasteiger partial charge in [0, 0.05) is 34.8 Å². The van der Waals surface area contributed by atoms with Crippen LogP contribution in [0.5, 0.6) is 11.5 Å². The molecule has 1 aliphatic carbocycles. The molecule has 1 aliphatic heterocycles. The van der Waals surface area contributed by atoms with Gasteiger partial charge in [0.15, 0.2) is 17.3 Å². The summed E-state index contributed by atoms with van der Waals surface area (Å²) >= 11 is 0. The van der Waals surface area contributed by atoms with Crippen LogP contribution in [-0.4, -0.2) is 49.8 Å². The summed E-state index contributed by atoms with van der Waals surface area (Å²) in [5.74, 6) is 0.800. The third-order valence-electron chi connectivity index (χ3n) is 5.87. The van der Waals surface area contributed by atoms with Gasteiger partial charge in [0.05, 0.1) is 19.9 Å². The Bertz CT molecular complexity index is 1240. The third kappa shape index (κ3) is 4.88. The summed E-state index contributed by atoms with van der Waals surface area (Å²) in [6.07, 6.45) is 3.24. The lowest BCUT2D eigenvalue weighted by Crippen LogP contribution is -2.30. The minimum absolute atomic E-state index is 0.00692. The Hall–Kier alpha value is -2.94. The van der Waals surface area contributed by atoms with Crippen molar-refractivity contribution >= 4 is 21.7 Å². The number of nitrogens with one attached hydrogen (secondary N) is 1. The first kappa shape index (κ1) is 23.2. The zero-order valence-electron chi connectivity index (χ0n) is 19.6. The summed E-state index contributed by atoms with van der Waals surface area (Å²) < 4.78 is 34.3. The van der Waals surface area contributed by atoms with E-state index in [9.17, 15) is 13.2 Å². The van der Waals surface area contributed by atoms with Crippen LogP contribution >= 0.6 is 0 Å². The van der Waals surface area contributed by atoms with Gasteiger partial charge in [0.2, 0.25) is 0 Å². The minimum atomic E-state index is -3.80. The molecule has 8 nitrogen and oxygen atoms in total. The molecule has 0 radical (unpaired) electrons. The van der Waals surface area contributed by atoms with E-state index in [2.05, 4.69) is 4.98 Å². The summed E-state index contributed by atoms with van der Waals surface area (Å²) in [4.78, 5) is 19.6. The highest BCUT2D eigenvalue weighted by molar-refractivity contribution is 7.86. The van der Waals surface area contributed by atoms with Crippen molar-refractivity contribution in [3.05, 3.63) is 52.3 Å². The van der Waals surface area contributed by atoms with E-state index in [1.54, 1.807) is 11.0 Å². The average molecular weight is 472 g/mol. The third-order valence-corrected chi connectivity index (χ3v) is 6.34. The van der Waals surface area contributed by atoms with Crippen LogP contribution in [0.2, 0.25) is 0 Å². The number of benzene rings is 1. The van der Waals surface area contributed by atoms with Crippen molar-refractivity contribution in [3.63, 3.8) is 0 Å². The van der Waals surface area contributed by atoms with Gasteiger partial charge in [-0.3, -0.25) is 10.2 Å². The number of hydrogen-bond donors (Lipinski definition) is 1. The van der Waals surface area contributed by atoms with Crippen molar-refractivity contribution in [2.24, 2.45) is 0 Å². The Balaban J connectivity index is 1.62. The van der Waals surface area contributed by atoms with Crippen LogP contribution in [0.15, 0.2) is 24.3 Å². The van der Waals surface area contributed by atoms with Gasteiger partial charge in [-0.05, 0) is 36.5 Å². The fourth-order valence-corrected chi connectivity index (χ4v) is 4.46. The molecule has 2 aliphatic rings. The van der Waals surface area contributed by atoms with E-state index in [0.29, 0.717) is 29.3 Å². The number of Topliss-reactive ketones (excluding diaryl/α,β-unsaturated/α-hetero) is 1. The molecule has 0 unspecified atom stereocenters. The number of nitrogens with zero attached hydrogens (tertiary/aromatic N) is 2. The van der Waals surface area contributed by atoms with Crippen LogP contribution in [-0.2, 0) is 22.1 Å². The highest BCUT2D eigenvalue weighted by atomic mass is 32.2. The highest BCUT2D eigenvalue weighted by Gasteiger charge is 2.32. The van der Waals surface area contributed by atoms with Gasteiger partial charge in [0.25, 0.3) is 0 Å². The molecule has 9 heteroatoms. The normalized spacial score (nSPS) is 16.0. The maximum absolute atomic E-state index is 13.3. The molecule has 0 saturated heterocycles. The van der Waals surface area contributed by atoms with Crippen LogP contribution in [0.1, 0.15) is 72.4 Å². The smallest absolute Gasteiger partial charge is 0.306 e. The van der Waals surface area contributed by atoms with Crippen molar-refractivity contribution in [2.75, 3.05) is 19.9 Å². The standard InChI is InChI=1S/C24H29N3O5S/c1-24(2,3)17-10-16(11-20(31-4)22(17)32-33(5,29)30)19(28)13-27-12-15-8-9-18(14-6-7-14)26-21(15)23(27)25/h8-11,14,25H,6-7,12-13H2,1-5H3. The molecule has 2 heterocycles. The lowest BCUT2D eigenvalue weighted by Gasteiger charge is -2.25. The molecule has 4 rings (SSSR count). The molecule has 1 fully saturated rings. The van der Waals surface area contributed by atoms with Crippen LogP contribution in [0.4, 0.5) is 0 Å². The summed E-state index contributed by atoms with van der Waals surface area (Å²) in [6, 6.07) is 7.18. The first-order chi connectivity index (χ1) is 15.4. The Morgan fingerprint density at radius 2 is 1.94 bits per heavy atom. The van der Waals surface area contributed by atoms with Gasteiger partial charge in [0.1, 0.15) is 11.5 Å². The number of ketones is 1. The maximum Gasteiger partial charge on any atom is 0.306 e. The second-order valence-corrected chi connectivity index (χ2v) is 11.3. The van der Waals surface area contributed by atoms with E-state index in [1.807, 2.05) is 32.9 Å². The fourth-order valence-electron chi connectivity index (χ4n) is 3.99. The number of ether oxygens (including phenoxy) is 1. The number of carbonyl (C=O) groups is 1. The first-order valence-electron chi connectivity index (χ1n) is 10.9. The predicted molar refractivity (Wildman–Crippen MR) is 125 cm³/mol. The van der Waals surface area contributed by atoms with E-state index in [-0.39, 0.29) is 29.7 Å². The minimum Gasteiger partial charge on any atom is -0.493 e. The molecule has 0 atom stereocenters. The highest BCUT2D eigenvalue weighted by Crippen LogP contribution is 2.41.